The molecule has 3 atom stereocenters. The number of halogens is 1. The van der Waals surface area contributed by atoms with Crippen molar-refractivity contribution < 1.29 is 29.3 Å². The van der Waals surface area contributed by atoms with E-state index in [4.69, 9.17) is 0 Å². The van der Waals surface area contributed by atoms with E-state index in [1.54, 1.807) is 17.0 Å². The van der Waals surface area contributed by atoms with E-state index < -0.39 is 23.7 Å². The molecule has 32 heavy (non-hydrogen) atoms. The number of carbonyl (C=O) groups excluding carboxylic acids is 2. The van der Waals surface area contributed by atoms with E-state index in [0.717, 1.165) is 25.7 Å². The molecule has 1 saturated carbocycles. The van der Waals surface area contributed by atoms with Gasteiger partial charge in [-0.25, -0.2) is 4.39 Å². The highest BCUT2D eigenvalue weighted by atomic mass is 19.1. The second-order valence-electron chi connectivity index (χ2n) is 8.52. The summed E-state index contributed by atoms with van der Waals surface area (Å²) in [4.78, 5) is 29.0. The first-order chi connectivity index (χ1) is 15.4. The Balaban J connectivity index is 1.48. The van der Waals surface area contributed by atoms with Gasteiger partial charge in [0, 0.05) is 44.4 Å². The van der Waals surface area contributed by atoms with Gasteiger partial charge in [0.1, 0.15) is 17.6 Å². The van der Waals surface area contributed by atoms with E-state index in [2.05, 4.69) is 5.32 Å². The van der Waals surface area contributed by atoms with E-state index >= 15 is 0 Å². The van der Waals surface area contributed by atoms with Gasteiger partial charge in [-0.2, -0.15) is 0 Å². The first-order valence-corrected chi connectivity index (χ1v) is 10.9. The number of amides is 2. The van der Waals surface area contributed by atoms with Gasteiger partial charge < -0.3 is 30.4 Å². The molecule has 4 rings (SSSR count). The summed E-state index contributed by atoms with van der Waals surface area (Å²) in [5.41, 5.74) is 0.586. The predicted molar refractivity (Wildman–Crippen MR) is 113 cm³/mol. The molecule has 3 aliphatic rings. The summed E-state index contributed by atoms with van der Waals surface area (Å²) in [5.74, 6) is -1.92. The predicted octanol–water partition coefficient (Wildman–Crippen LogP) is 1.17. The molecule has 1 aromatic carbocycles. The van der Waals surface area contributed by atoms with Gasteiger partial charge in [0.25, 0.3) is 11.8 Å². The Labute approximate surface area is 185 Å². The van der Waals surface area contributed by atoms with Crippen molar-refractivity contribution in [2.45, 2.75) is 44.4 Å². The molecule has 172 valence electrons. The second kappa shape index (κ2) is 9.30. The van der Waals surface area contributed by atoms with Crippen LogP contribution in [0.5, 0.6) is 0 Å². The largest absolute Gasteiger partial charge is 0.507 e. The SMILES string of the molecule is O=C(NCc1ccc(F)cc1)C1=CN2CCN([C@H]3CCCC[C@H]3CO)C(=O)C2=C(O)C1O. The average molecular weight is 445 g/mol. The van der Waals surface area contributed by atoms with Gasteiger partial charge in [-0.3, -0.25) is 9.59 Å². The van der Waals surface area contributed by atoms with Crippen molar-refractivity contribution in [3.63, 3.8) is 0 Å². The number of piperazine rings is 1. The van der Waals surface area contributed by atoms with Crippen LogP contribution in [-0.2, 0) is 16.1 Å². The molecule has 1 aromatic rings. The number of fused-ring (bicyclic) bond motifs is 1. The summed E-state index contributed by atoms with van der Waals surface area (Å²) < 4.78 is 13.0. The number of hydrogen-bond acceptors (Lipinski definition) is 6. The van der Waals surface area contributed by atoms with Crippen LogP contribution in [0.4, 0.5) is 4.39 Å². The zero-order chi connectivity index (χ0) is 22.8. The van der Waals surface area contributed by atoms with E-state index in [1.807, 2.05) is 0 Å². The zero-order valence-electron chi connectivity index (χ0n) is 17.7. The number of aliphatic hydroxyl groups excluding tert-OH is 3. The minimum absolute atomic E-state index is 0.00107. The number of hydrogen-bond donors (Lipinski definition) is 4. The fraction of sp³-hybridized carbons (Fsp3) is 0.478. The highest BCUT2D eigenvalue weighted by molar-refractivity contribution is 5.99. The Kier molecular flexibility index (Phi) is 6.48. The maximum Gasteiger partial charge on any atom is 0.274 e. The lowest BCUT2D eigenvalue weighted by Crippen LogP contribution is -2.56. The van der Waals surface area contributed by atoms with Crippen molar-refractivity contribution in [2.75, 3.05) is 19.7 Å². The van der Waals surface area contributed by atoms with Crippen molar-refractivity contribution >= 4 is 11.8 Å². The molecule has 1 saturated heterocycles. The number of nitrogens with one attached hydrogen (secondary N) is 1. The van der Waals surface area contributed by atoms with E-state index in [-0.39, 0.29) is 42.2 Å². The molecule has 2 fully saturated rings. The van der Waals surface area contributed by atoms with Crippen LogP contribution in [0.25, 0.3) is 0 Å². The molecule has 2 aliphatic heterocycles. The first-order valence-electron chi connectivity index (χ1n) is 10.9. The minimum atomic E-state index is -1.63. The van der Waals surface area contributed by atoms with E-state index in [9.17, 15) is 29.3 Å². The molecule has 4 N–H and O–H groups in total. The molecule has 0 bridgehead atoms. The Hall–Kier alpha value is -2.91. The van der Waals surface area contributed by atoms with Crippen molar-refractivity contribution in [3.8, 4) is 0 Å². The molecule has 2 amide bonds. The third-order valence-corrected chi connectivity index (χ3v) is 6.56. The third kappa shape index (κ3) is 4.22. The number of benzene rings is 1. The highest BCUT2D eigenvalue weighted by Gasteiger charge is 2.43. The standard InChI is InChI=1S/C23H28FN3O5/c24-16-7-5-14(6-8-16)11-25-22(31)17-12-26-9-10-27(18-4-2-1-3-15(18)13-28)23(32)19(26)21(30)20(17)29/h5-8,12,15,18,20,28-30H,1-4,9-11,13H2,(H,25,31)/t15-,18-,20?/m0/s1. The van der Waals surface area contributed by atoms with Crippen LogP contribution >= 0.6 is 0 Å². The van der Waals surface area contributed by atoms with Gasteiger partial charge in [-0.1, -0.05) is 25.0 Å². The zero-order valence-corrected chi connectivity index (χ0v) is 17.7. The van der Waals surface area contributed by atoms with Crippen molar-refractivity contribution in [3.05, 3.63) is 58.9 Å². The molecule has 2 heterocycles. The minimum Gasteiger partial charge on any atom is -0.507 e. The van der Waals surface area contributed by atoms with Crippen LogP contribution < -0.4 is 5.32 Å². The average Bonchev–Trinajstić information content (AvgIpc) is 2.80. The highest BCUT2D eigenvalue weighted by Crippen LogP contribution is 2.34. The number of aliphatic hydroxyl groups is 3. The maximum atomic E-state index is 13.2. The number of nitrogens with zero attached hydrogens (tertiary/aromatic N) is 2. The van der Waals surface area contributed by atoms with Gasteiger partial charge in [0.2, 0.25) is 0 Å². The Bertz CT molecular complexity index is 945. The molecule has 9 heteroatoms. The third-order valence-electron chi connectivity index (χ3n) is 6.56. The van der Waals surface area contributed by atoms with Crippen LogP contribution in [0.1, 0.15) is 31.2 Å². The Morgan fingerprint density at radius 2 is 1.88 bits per heavy atom. The molecule has 0 radical (unpaired) electrons. The van der Waals surface area contributed by atoms with Gasteiger partial charge >= 0.3 is 0 Å². The second-order valence-corrected chi connectivity index (χ2v) is 8.52. The van der Waals surface area contributed by atoms with Crippen LogP contribution in [0.15, 0.2) is 47.5 Å². The molecule has 0 aromatic heterocycles. The summed E-state index contributed by atoms with van der Waals surface area (Å²) in [6.45, 7) is 0.886. The van der Waals surface area contributed by atoms with Crippen LogP contribution in [0.2, 0.25) is 0 Å². The summed E-state index contributed by atoms with van der Waals surface area (Å²) >= 11 is 0. The maximum absolute atomic E-state index is 13.2. The lowest BCUT2D eigenvalue weighted by Gasteiger charge is -2.45. The molecule has 1 aliphatic carbocycles. The van der Waals surface area contributed by atoms with Crippen molar-refractivity contribution in [1.29, 1.82) is 0 Å². The topological polar surface area (TPSA) is 113 Å². The molecular formula is C23H28FN3O5. The van der Waals surface area contributed by atoms with Crippen LogP contribution in [-0.4, -0.2) is 68.8 Å². The lowest BCUT2D eigenvalue weighted by atomic mass is 9.83. The van der Waals surface area contributed by atoms with Gasteiger partial charge in [0.15, 0.2) is 5.76 Å². The molecule has 1 unspecified atom stereocenters. The molecule has 0 spiro atoms. The monoisotopic (exact) mass is 445 g/mol. The summed E-state index contributed by atoms with van der Waals surface area (Å²) in [6, 6.07) is 5.55. The number of rotatable bonds is 5. The lowest BCUT2D eigenvalue weighted by molar-refractivity contribution is -0.137. The Morgan fingerprint density at radius 1 is 1.16 bits per heavy atom. The molecular weight excluding hydrogens is 417 g/mol. The summed E-state index contributed by atoms with van der Waals surface area (Å²) in [5, 5.41) is 33.6. The quantitative estimate of drug-likeness (QED) is 0.541. The smallest absolute Gasteiger partial charge is 0.274 e. The number of carbonyl (C=O) groups is 2. The molecule has 8 nitrogen and oxygen atoms in total. The fourth-order valence-electron chi connectivity index (χ4n) is 4.79. The van der Waals surface area contributed by atoms with Gasteiger partial charge in [-0.15, -0.1) is 0 Å². The van der Waals surface area contributed by atoms with Crippen LogP contribution in [0.3, 0.4) is 0 Å². The van der Waals surface area contributed by atoms with Crippen LogP contribution in [0, 0.1) is 11.7 Å². The Morgan fingerprint density at radius 3 is 2.59 bits per heavy atom. The van der Waals surface area contributed by atoms with Gasteiger partial charge in [0.05, 0.1) is 5.57 Å². The fourth-order valence-corrected chi connectivity index (χ4v) is 4.79. The normalized spacial score (nSPS) is 26.0. The van der Waals surface area contributed by atoms with Crippen molar-refractivity contribution in [2.24, 2.45) is 5.92 Å². The van der Waals surface area contributed by atoms with Crippen molar-refractivity contribution in [1.82, 2.24) is 15.1 Å². The first kappa shape index (κ1) is 22.3. The van der Waals surface area contributed by atoms with E-state index in [0.29, 0.717) is 18.7 Å². The summed E-state index contributed by atoms with van der Waals surface area (Å²) in [7, 11) is 0. The van der Waals surface area contributed by atoms with E-state index in [1.165, 1.54) is 23.2 Å². The summed E-state index contributed by atoms with van der Waals surface area (Å²) in [6.07, 6.45) is 3.40. The van der Waals surface area contributed by atoms with Gasteiger partial charge in [-0.05, 0) is 30.5 Å².